The lowest BCUT2D eigenvalue weighted by atomic mass is 9.84. The third-order valence-electron chi connectivity index (χ3n) is 4.90. The van der Waals surface area contributed by atoms with E-state index in [0.29, 0.717) is 5.69 Å². The van der Waals surface area contributed by atoms with Crippen LogP contribution in [-0.2, 0) is 0 Å². The molecular formula is C21H15NO2. The van der Waals surface area contributed by atoms with Gasteiger partial charge in [0.1, 0.15) is 12.2 Å². The summed E-state index contributed by atoms with van der Waals surface area (Å²) >= 11 is 0. The Kier molecular flexibility index (Phi) is 2.77. The maximum Gasteiger partial charge on any atom is 0.127 e. The van der Waals surface area contributed by atoms with Crippen molar-refractivity contribution in [2.45, 2.75) is 12.2 Å². The van der Waals surface area contributed by atoms with Gasteiger partial charge in [0.25, 0.3) is 0 Å². The Morgan fingerprint density at radius 2 is 1.50 bits per heavy atom. The van der Waals surface area contributed by atoms with Crippen molar-refractivity contribution in [3.63, 3.8) is 0 Å². The molecule has 2 atom stereocenters. The average molecular weight is 313 g/mol. The normalized spacial score (nSPS) is 19.2. The van der Waals surface area contributed by atoms with Crippen molar-refractivity contribution < 1.29 is 10.2 Å². The van der Waals surface area contributed by atoms with E-state index < -0.39 is 12.2 Å². The second-order valence-corrected chi connectivity index (χ2v) is 6.25. The minimum absolute atomic E-state index is 0.545. The van der Waals surface area contributed by atoms with Gasteiger partial charge in [-0.05, 0) is 34.0 Å². The topological polar surface area (TPSA) is 53.4 Å². The van der Waals surface area contributed by atoms with Crippen LogP contribution in [0.15, 0.2) is 66.7 Å². The van der Waals surface area contributed by atoms with Gasteiger partial charge in [-0.3, -0.25) is 0 Å². The molecule has 0 saturated heterocycles. The summed E-state index contributed by atoms with van der Waals surface area (Å²) in [6.07, 6.45) is -1.95. The molecule has 116 valence electrons. The third-order valence-corrected chi connectivity index (χ3v) is 4.90. The maximum absolute atomic E-state index is 10.5. The molecule has 1 aliphatic carbocycles. The lowest BCUT2D eigenvalue weighted by Gasteiger charge is -2.28. The Morgan fingerprint density at radius 1 is 0.708 bits per heavy atom. The van der Waals surface area contributed by atoms with Crippen molar-refractivity contribution in [2.75, 3.05) is 0 Å². The van der Waals surface area contributed by atoms with Crippen LogP contribution in [0.4, 0.5) is 0 Å². The van der Waals surface area contributed by atoms with Crippen LogP contribution in [-0.4, -0.2) is 15.2 Å². The summed E-state index contributed by atoms with van der Waals surface area (Å²) in [5.41, 5.74) is 3.96. The van der Waals surface area contributed by atoms with E-state index in [9.17, 15) is 10.2 Å². The van der Waals surface area contributed by atoms with Crippen LogP contribution < -0.4 is 0 Å². The van der Waals surface area contributed by atoms with E-state index in [-0.39, 0.29) is 0 Å². The quantitative estimate of drug-likeness (QED) is 0.480. The van der Waals surface area contributed by atoms with Gasteiger partial charge in [0.05, 0.1) is 11.2 Å². The second-order valence-electron chi connectivity index (χ2n) is 6.25. The minimum Gasteiger partial charge on any atom is -0.385 e. The predicted molar refractivity (Wildman–Crippen MR) is 94.6 cm³/mol. The molecule has 0 aliphatic heterocycles. The van der Waals surface area contributed by atoms with E-state index in [0.717, 1.165) is 38.4 Å². The number of pyridine rings is 1. The second kappa shape index (κ2) is 4.87. The van der Waals surface area contributed by atoms with Gasteiger partial charge in [0, 0.05) is 10.9 Å². The fourth-order valence-electron chi connectivity index (χ4n) is 3.70. The highest BCUT2D eigenvalue weighted by Gasteiger charge is 2.32. The number of hydrogen-bond donors (Lipinski definition) is 2. The highest BCUT2D eigenvalue weighted by molar-refractivity contribution is 6.07. The lowest BCUT2D eigenvalue weighted by Crippen LogP contribution is -2.18. The average Bonchev–Trinajstić information content (AvgIpc) is 2.65. The number of benzene rings is 3. The smallest absolute Gasteiger partial charge is 0.127 e. The Balaban J connectivity index is 1.92. The van der Waals surface area contributed by atoms with Gasteiger partial charge < -0.3 is 10.2 Å². The first-order valence-corrected chi connectivity index (χ1v) is 8.02. The molecule has 0 fully saturated rings. The van der Waals surface area contributed by atoms with Crippen LogP contribution in [0.2, 0.25) is 0 Å². The monoisotopic (exact) mass is 313 g/mol. The van der Waals surface area contributed by atoms with E-state index in [2.05, 4.69) is 23.2 Å². The first-order chi connectivity index (χ1) is 11.7. The summed E-state index contributed by atoms with van der Waals surface area (Å²) in [4.78, 5) is 4.69. The summed E-state index contributed by atoms with van der Waals surface area (Å²) in [5.74, 6) is 0. The van der Waals surface area contributed by atoms with Crippen LogP contribution in [0.1, 0.15) is 23.5 Å². The largest absolute Gasteiger partial charge is 0.385 e. The summed E-state index contributed by atoms with van der Waals surface area (Å²) in [6.45, 7) is 0. The summed E-state index contributed by atoms with van der Waals surface area (Å²) in [5, 5.41) is 24.3. The molecular weight excluding hydrogens is 298 g/mol. The molecule has 2 N–H and O–H groups in total. The lowest BCUT2D eigenvalue weighted by molar-refractivity contribution is 0.0133. The number of aliphatic hydroxyl groups excluding tert-OH is 2. The zero-order valence-electron chi connectivity index (χ0n) is 12.8. The van der Waals surface area contributed by atoms with Crippen molar-refractivity contribution in [2.24, 2.45) is 0 Å². The molecule has 0 spiro atoms. The van der Waals surface area contributed by atoms with Crippen molar-refractivity contribution in [3.8, 4) is 11.1 Å². The molecule has 0 radical (unpaired) electrons. The highest BCUT2D eigenvalue weighted by Crippen LogP contribution is 2.44. The standard InChI is InChI=1S/C21H15NO2/c23-20-15-8-4-3-7-14(15)17-11-16-13-6-2-1-5-12(13)9-10-18(16)22-19(17)21(20)24/h1-11,20-21,23-24H/t20-,21-/m0/s1. The Morgan fingerprint density at radius 3 is 2.42 bits per heavy atom. The maximum atomic E-state index is 10.5. The van der Waals surface area contributed by atoms with E-state index in [1.165, 1.54) is 0 Å². The Hall–Kier alpha value is -2.75. The summed E-state index contributed by atoms with van der Waals surface area (Å²) in [6, 6.07) is 22.0. The number of aliphatic hydroxyl groups is 2. The van der Waals surface area contributed by atoms with Gasteiger partial charge in [-0.25, -0.2) is 4.98 Å². The summed E-state index contributed by atoms with van der Waals surface area (Å²) < 4.78 is 0. The molecule has 1 aromatic heterocycles. The number of nitrogens with zero attached hydrogens (tertiary/aromatic N) is 1. The van der Waals surface area contributed by atoms with Crippen molar-refractivity contribution in [1.82, 2.24) is 4.98 Å². The molecule has 4 aromatic rings. The van der Waals surface area contributed by atoms with Crippen molar-refractivity contribution in [3.05, 3.63) is 78.0 Å². The molecule has 0 unspecified atom stereocenters. The zero-order chi connectivity index (χ0) is 16.3. The van der Waals surface area contributed by atoms with Crippen LogP contribution in [0.3, 0.4) is 0 Å². The van der Waals surface area contributed by atoms with Crippen LogP contribution in [0.5, 0.6) is 0 Å². The Labute approximate surface area is 138 Å². The van der Waals surface area contributed by atoms with Gasteiger partial charge in [0.2, 0.25) is 0 Å². The van der Waals surface area contributed by atoms with Gasteiger partial charge in [-0.15, -0.1) is 0 Å². The van der Waals surface area contributed by atoms with E-state index in [1.54, 1.807) is 0 Å². The first kappa shape index (κ1) is 13.7. The SMILES string of the molecule is O[C@H]1c2ccccc2-c2cc3c(ccc4ccccc43)nc2[C@@H]1O. The molecule has 1 aliphatic rings. The van der Waals surface area contributed by atoms with E-state index in [4.69, 9.17) is 0 Å². The number of rotatable bonds is 0. The summed E-state index contributed by atoms with van der Waals surface area (Å²) in [7, 11) is 0. The molecule has 0 saturated carbocycles. The van der Waals surface area contributed by atoms with Crippen LogP contribution in [0.25, 0.3) is 32.8 Å². The molecule has 1 heterocycles. The van der Waals surface area contributed by atoms with Gasteiger partial charge >= 0.3 is 0 Å². The van der Waals surface area contributed by atoms with Crippen molar-refractivity contribution >= 4 is 21.7 Å². The minimum atomic E-state index is -1.01. The predicted octanol–water partition coefficient (Wildman–Crippen LogP) is 4.14. The first-order valence-electron chi connectivity index (χ1n) is 8.02. The fraction of sp³-hybridized carbons (Fsp3) is 0.0952. The van der Waals surface area contributed by atoms with Gasteiger partial charge in [-0.2, -0.15) is 0 Å². The van der Waals surface area contributed by atoms with Crippen LogP contribution >= 0.6 is 0 Å². The Bertz CT molecular complexity index is 1100. The third kappa shape index (κ3) is 1.77. The van der Waals surface area contributed by atoms with Gasteiger partial charge in [-0.1, -0.05) is 54.6 Å². The molecule has 24 heavy (non-hydrogen) atoms. The number of hydrogen-bond acceptors (Lipinski definition) is 3. The van der Waals surface area contributed by atoms with Gasteiger partial charge in [0.15, 0.2) is 0 Å². The molecule has 0 amide bonds. The number of aromatic nitrogens is 1. The van der Waals surface area contributed by atoms with E-state index in [1.807, 2.05) is 48.5 Å². The molecule has 3 aromatic carbocycles. The molecule has 3 nitrogen and oxygen atoms in total. The fourth-order valence-corrected chi connectivity index (χ4v) is 3.70. The number of fused-ring (bicyclic) bond motifs is 6. The molecule has 3 heteroatoms. The molecule has 0 bridgehead atoms. The van der Waals surface area contributed by atoms with Crippen molar-refractivity contribution in [1.29, 1.82) is 0 Å². The van der Waals surface area contributed by atoms with Crippen LogP contribution in [0, 0.1) is 0 Å². The highest BCUT2D eigenvalue weighted by atomic mass is 16.3. The van der Waals surface area contributed by atoms with E-state index >= 15 is 0 Å². The zero-order valence-corrected chi connectivity index (χ0v) is 12.8. The molecule has 5 rings (SSSR count).